The fraction of sp³-hybridized carbons (Fsp3) is 0.353. The quantitative estimate of drug-likeness (QED) is 0.919. The van der Waals surface area contributed by atoms with Crippen molar-refractivity contribution in [3.63, 3.8) is 0 Å². The van der Waals surface area contributed by atoms with E-state index in [-0.39, 0.29) is 18.3 Å². The molecule has 3 rings (SSSR count). The van der Waals surface area contributed by atoms with Gasteiger partial charge in [0.05, 0.1) is 12.2 Å². The average molecular weight is 318 g/mol. The second kappa shape index (κ2) is 6.92. The van der Waals surface area contributed by atoms with Crippen molar-refractivity contribution in [3.05, 3.63) is 52.0 Å². The number of halogens is 1. The van der Waals surface area contributed by atoms with Gasteiger partial charge in [0.25, 0.3) is 0 Å². The molecule has 0 aliphatic carbocycles. The Morgan fingerprint density at radius 1 is 1.32 bits per heavy atom. The van der Waals surface area contributed by atoms with Gasteiger partial charge in [-0.2, -0.15) is 0 Å². The maximum atomic E-state index is 14.0. The molecule has 0 saturated carbocycles. The molecule has 0 saturated heterocycles. The van der Waals surface area contributed by atoms with Crippen LogP contribution in [-0.2, 0) is 17.6 Å². The van der Waals surface area contributed by atoms with E-state index in [1.807, 2.05) is 22.4 Å². The summed E-state index contributed by atoms with van der Waals surface area (Å²) in [7, 11) is 0. The third-order valence-corrected chi connectivity index (χ3v) is 4.81. The zero-order valence-electron chi connectivity index (χ0n) is 12.3. The summed E-state index contributed by atoms with van der Waals surface area (Å²) in [4.78, 5) is 15.2. The molecule has 0 radical (unpaired) electrons. The number of nitrogens with one attached hydrogen (secondary N) is 1. The van der Waals surface area contributed by atoms with Crippen LogP contribution >= 0.6 is 11.3 Å². The number of thiophene rings is 1. The molecule has 0 bridgehead atoms. The number of para-hydroxylation sites is 1. The highest BCUT2D eigenvalue weighted by Gasteiger charge is 2.22. The van der Waals surface area contributed by atoms with Crippen molar-refractivity contribution in [2.24, 2.45) is 0 Å². The Hall–Kier alpha value is -1.88. The van der Waals surface area contributed by atoms with Crippen molar-refractivity contribution >= 4 is 22.9 Å². The van der Waals surface area contributed by atoms with Crippen LogP contribution in [0.4, 0.5) is 10.1 Å². The first-order chi connectivity index (χ1) is 10.7. The molecule has 1 amide bonds. The minimum atomic E-state index is -0.233. The third-order valence-electron chi connectivity index (χ3n) is 3.87. The van der Waals surface area contributed by atoms with Crippen LogP contribution in [0.2, 0.25) is 0 Å². The summed E-state index contributed by atoms with van der Waals surface area (Å²) >= 11 is 1.69. The molecule has 1 N–H and O–H groups in total. The fourth-order valence-electron chi connectivity index (χ4n) is 2.86. The number of aryl methyl sites for hydroxylation is 1. The molecule has 1 aromatic heterocycles. The summed E-state index contributed by atoms with van der Waals surface area (Å²) in [6.45, 7) is 1.57. The van der Waals surface area contributed by atoms with Crippen molar-refractivity contribution in [2.45, 2.75) is 19.3 Å². The molecule has 1 aromatic carbocycles. The van der Waals surface area contributed by atoms with Crippen molar-refractivity contribution in [1.82, 2.24) is 5.32 Å². The first-order valence-electron chi connectivity index (χ1n) is 7.55. The van der Waals surface area contributed by atoms with E-state index in [0.717, 1.165) is 31.4 Å². The molecule has 3 nitrogen and oxygen atoms in total. The van der Waals surface area contributed by atoms with Crippen LogP contribution in [-0.4, -0.2) is 25.5 Å². The highest BCUT2D eigenvalue weighted by atomic mass is 32.1. The van der Waals surface area contributed by atoms with E-state index in [4.69, 9.17) is 0 Å². The van der Waals surface area contributed by atoms with Crippen LogP contribution in [0.1, 0.15) is 16.9 Å². The normalized spacial score (nSPS) is 13.8. The lowest BCUT2D eigenvalue weighted by Crippen LogP contribution is -2.40. The van der Waals surface area contributed by atoms with Crippen molar-refractivity contribution in [2.75, 3.05) is 24.5 Å². The predicted molar refractivity (Wildman–Crippen MR) is 88.0 cm³/mol. The Balaban J connectivity index is 1.56. The van der Waals surface area contributed by atoms with Gasteiger partial charge in [0.15, 0.2) is 0 Å². The molecule has 2 heterocycles. The van der Waals surface area contributed by atoms with E-state index in [9.17, 15) is 9.18 Å². The number of hydrogen-bond acceptors (Lipinski definition) is 3. The molecule has 1 aliphatic heterocycles. The molecular formula is C17H19FN2OS. The molecule has 0 atom stereocenters. The first kappa shape index (κ1) is 15.0. The van der Waals surface area contributed by atoms with Gasteiger partial charge in [-0.3, -0.25) is 4.79 Å². The number of amides is 1. The summed E-state index contributed by atoms with van der Waals surface area (Å²) in [6.07, 6.45) is 2.68. The van der Waals surface area contributed by atoms with Gasteiger partial charge in [-0.25, -0.2) is 4.39 Å². The molecule has 116 valence electrons. The summed E-state index contributed by atoms with van der Waals surface area (Å²) in [6, 6.07) is 9.21. The standard InChI is InChI=1S/C17H19FN2OS/c18-15-7-1-4-13-5-2-10-20(17(13)15)12-16(21)19-9-8-14-6-3-11-22-14/h1,3-4,6-7,11H,2,5,8-10,12H2,(H,19,21). The summed E-state index contributed by atoms with van der Waals surface area (Å²) in [5.41, 5.74) is 1.60. The number of hydrogen-bond donors (Lipinski definition) is 1. The van der Waals surface area contributed by atoms with Gasteiger partial charge < -0.3 is 10.2 Å². The first-order valence-corrected chi connectivity index (χ1v) is 8.43. The predicted octanol–water partition coefficient (Wildman–Crippen LogP) is 3.00. The van der Waals surface area contributed by atoms with Crippen molar-refractivity contribution < 1.29 is 9.18 Å². The van der Waals surface area contributed by atoms with Crippen molar-refractivity contribution in [1.29, 1.82) is 0 Å². The molecule has 0 spiro atoms. The highest BCUT2D eigenvalue weighted by molar-refractivity contribution is 7.09. The molecule has 1 aliphatic rings. The Kier molecular flexibility index (Phi) is 4.73. The van der Waals surface area contributed by atoms with Gasteiger partial charge >= 0.3 is 0 Å². The second-order valence-corrected chi connectivity index (χ2v) is 6.48. The Bertz CT molecular complexity index is 642. The Labute approximate surface area is 133 Å². The second-order valence-electron chi connectivity index (χ2n) is 5.45. The largest absolute Gasteiger partial charge is 0.360 e. The van der Waals surface area contributed by atoms with Crippen LogP contribution in [0.3, 0.4) is 0 Å². The number of carbonyl (C=O) groups is 1. The lowest BCUT2D eigenvalue weighted by Gasteiger charge is -2.31. The fourth-order valence-corrected chi connectivity index (χ4v) is 3.56. The zero-order valence-corrected chi connectivity index (χ0v) is 13.2. The number of carbonyl (C=O) groups excluding carboxylic acids is 1. The maximum absolute atomic E-state index is 14.0. The van der Waals surface area contributed by atoms with Crippen molar-refractivity contribution in [3.8, 4) is 0 Å². The molecular weight excluding hydrogens is 299 g/mol. The topological polar surface area (TPSA) is 32.3 Å². The SMILES string of the molecule is O=C(CN1CCCc2cccc(F)c21)NCCc1cccs1. The molecule has 0 unspecified atom stereocenters. The van der Waals surface area contributed by atoms with Crippen LogP contribution in [0.25, 0.3) is 0 Å². The smallest absolute Gasteiger partial charge is 0.239 e. The lowest BCUT2D eigenvalue weighted by molar-refractivity contribution is -0.119. The monoisotopic (exact) mass is 318 g/mol. The van der Waals surface area contributed by atoms with Gasteiger partial charge in [0.2, 0.25) is 5.91 Å². The number of fused-ring (bicyclic) bond motifs is 1. The summed E-state index contributed by atoms with van der Waals surface area (Å²) < 4.78 is 14.0. The van der Waals surface area contributed by atoms with Crippen LogP contribution in [0.15, 0.2) is 35.7 Å². The van der Waals surface area contributed by atoms with E-state index in [1.54, 1.807) is 17.4 Å². The van der Waals surface area contributed by atoms with E-state index in [1.165, 1.54) is 10.9 Å². The van der Waals surface area contributed by atoms with Crippen LogP contribution in [0, 0.1) is 5.82 Å². The minimum Gasteiger partial charge on any atom is -0.360 e. The van der Waals surface area contributed by atoms with Gasteiger partial charge in [-0.05, 0) is 42.3 Å². The van der Waals surface area contributed by atoms with E-state index >= 15 is 0 Å². The number of benzene rings is 1. The van der Waals surface area contributed by atoms with Gasteiger partial charge in [0, 0.05) is 18.0 Å². The van der Waals surface area contributed by atoms with Crippen LogP contribution in [0.5, 0.6) is 0 Å². The Morgan fingerprint density at radius 3 is 3.05 bits per heavy atom. The molecule has 0 fully saturated rings. The van der Waals surface area contributed by atoms with Gasteiger partial charge in [-0.15, -0.1) is 11.3 Å². The van der Waals surface area contributed by atoms with Crippen LogP contribution < -0.4 is 10.2 Å². The minimum absolute atomic E-state index is 0.0485. The average Bonchev–Trinajstić information content (AvgIpc) is 3.01. The highest BCUT2D eigenvalue weighted by Crippen LogP contribution is 2.29. The van der Waals surface area contributed by atoms with Gasteiger partial charge in [0.1, 0.15) is 5.82 Å². The third kappa shape index (κ3) is 3.47. The summed E-state index contributed by atoms with van der Waals surface area (Å²) in [5, 5.41) is 4.95. The molecule has 22 heavy (non-hydrogen) atoms. The maximum Gasteiger partial charge on any atom is 0.239 e. The van der Waals surface area contributed by atoms with E-state index < -0.39 is 0 Å². The van der Waals surface area contributed by atoms with E-state index in [2.05, 4.69) is 11.4 Å². The lowest BCUT2D eigenvalue weighted by atomic mass is 10.0. The Morgan fingerprint density at radius 2 is 2.23 bits per heavy atom. The molecule has 2 aromatic rings. The zero-order chi connectivity index (χ0) is 15.4. The molecule has 5 heteroatoms. The summed E-state index contributed by atoms with van der Waals surface area (Å²) in [5.74, 6) is -0.281. The number of nitrogens with zero attached hydrogens (tertiary/aromatic N) is 1. The number of anilines is 1. The number of rotatable bonds is 5. The van der Waals surface area contributed by atoms with E-state index in [0.29, 0.717) is 12.2 Å². The van der Waals surface area contributed by atoms with Gasteiger partial charge in [-0.1, -0.05) is 18.2 Å².